The van der Waals surface area contributed by atoms with Crippen LogP contribution in [0, 0.1) is 0 Å². The highest BCUT2D eigenvalue weighted by Gasteiger charge is 2.04. The number of rotatable bonds is 9. The summed E-state index contributed by atoms with van der Waals surface area (Å²) in [5.41, 5.74) is 4.87. The summed E-state index contributed by atoms with van der Waals surface area (Å²) in [7, 11) is 0. The number of benzene rings is 3. The molecule has 1 amide bonds. The molecular weight excluding hydrogens is 400 g/mol. The number of amides is 1. The van der Waals surface area contributed by atoms with Gasteiger partial charge >= 0.3 is 0 Å². The van der Waals surface area contributed by atoms with Crippen molar-refractivity contribution in [1.29, 1.82) is 0 Å². The Labute approximate surface area is 180 Å². The first-order chi connectivity index (χ1) is 14.6. The Kier molecular flexibility index (Phi) is 7.64. The lowest BCUT2D eigenvalue weighted by Gasteiger charge is -2.06. The van der Waals surface area contributed by atoms with Gasteiger partial charge in [-0.1, -0.05) is 36.4 Å². The molecule has 5 nitrogen and oxygen atoms in total. The van der Waals surface area contributed by atoms with Crippen LogP contribution in [-0.2, 0) is 6.61 Å². The lowest BCUT2D eigenvalue weighted by atomic mass is 10.2. The Bertz CT molecular complexity index is 998. The quantitative estimate of drug-likeness (QED) is 0.292. The summed E-state index contributed by atoms with van der Waals surface area (Å²) >= 11 is 5.88. The average Bonchev–Trinajstić information content (AvgIpc) is 2.78. The van der Waals surface area contributed by atoms with Gasteiger partial charge in [-0.05, 0) is 71.8 Å². The van der Waals surface area contributed by atoms with E-state index in [4.69, 9.17) is 21.1 Å². The van der Waals surface area contributed by atoms with E-state index in [1.54, 1.807) is 36.6 Å². The Morgan fingerprint density at radius 2 is 1.57 bits per heavy atom. The molecule has 3 aromatic rings. The molecule has 0 aliphatic carbocycles. The molecule has 3 rings (SSSR count). The van der Waals surface area contributed by atoms with Crippen LogP contribution in [0.25, 0.3) is 0 Å². The van der Waals surface area contributed by atoms with E-state index in [9.17, 15) is 4.79 Å². The molecule has 0 saturated heterocycles. The number of hydrogen-bond acceptors (Lipinski definition) is 4. The van der Waals surface area contributed by atoms with Gasteiger partial charge in [-0.25, -0.2) is 5.43 Å². The Balaban J connectivity index is 1.48. The molecule has 0 aromatic heterocycles. The van der Waals surface area contributed by atoms with Crippen molar-refractivity contribution in [1.82, 2.24) is 5.43 Å². The van der Waals surface area contributed by atoms with Gasteiger partial charge in [-0.2, -0.15) is 5.10 Å². The van der Waals surface area contributed by atoms with Crippen LogP contribution >= 0.6 is 11.6 Å². The first-order valence-electron chi connectivity index (χ1n) is 9.28. The normalized spacial score (nSPS) is 10.6. The molecule has 0 spiro atoms. The number of nitrogens with zero attached hydrogens (tertiary/aromatic N) is 1. The van der Waals surface area contributed by atoms with Gasteiger partial charge in [0.1, 0.15) is 24.7 Å². The van der Waals surface area contributed by atoms with Crippen molar-refractivity contribution in [2.75, 3.05) is 6.61 Å². The number of carbonyl (C=O) groups excluding carboxylic acids is 1. The molecule has 0 radical (unpaired) electrons. The van der Waals surface area contributed by atoms with Gasteiger partial charge < -0.3 is 9.47 Å². The predicted octanol–water partition coefficient (Wildman–Crippen LogP) is 5.25. The molecule has 30 heavy (non-hydrogen) atoms. The van der Waals surface area contributed by atoms with Crippen molar-refractivity contribution in [3.8, 4) is 11.5 Å². The molecule has 0 fully saturated rings. The second-order valence-electron chi connectivity index (χ2n) is 6.31. The standard InChI is InChI=1S/C24H21ClN2O3/c1-2-15-29-22-13-7-20(8-14-22)24(28)27-26-16-18-5-11-23(12-6-18)30-17-19-3-9-21(25)10-4-19/h2-14,16H,1,15,17H2,(H,27,28)/b26-16-. The molecule has 6 heteroatoms. The van der Waals surface area contributed by atoms with Crippen LogP contribution < -0.4 is 14.9 Å². The lowest BCUT2D eigenvalue weighted by Crippen LogP contribution is -2.17. The highest BCUT2D eigenvalue weighted by atomic mass is 35.5. The summed E-state index contributed by atoms with van der Waals surface area (Å²) in [4.78, 5) is 12.1. The third-order valence-electron chi connectivity index (χ3n) is 4.06. The van der Waals surface area contributed by atoms with E-state index < -0.39 is 0 Å². The molecule has 0 atom stereocenters. The number of ether oxygens (including phenoxy) is 2. The fourth-order valence-corrected chi connectivity index (χ4v) is 2.61. The van der Waals surface area contributed by atoms with Crippen LogP contribution in [0.5, 0.6) is 11.5 Å². The van der Waals surface area contributed by atoms with E-state index in [0.29, 0.717) is 29.5 Å². The van der Waals surface area contributed by atoms with E-state index in [0.717, 1.165) is 16.9 Å². The van der Waals surface area contributed by atoms with Crippen molar-refractivity contribution in [2.24, 2.45) is 5.10 Å². The molecule has 0 unspecified atom stereocenters. The third kappa shape index (κ3) is 6.50. The Hall–Kier alpha value is -3.57. The fourth-order valence-electron chi connectivity index (χ4n) is 2.49. The smallest absolute Gasteiger partial charge is 0.271 e. The van der Waals surface area contributed by atoms with E-state index in [1.807, 2.05) is 48.5 Å². The number of nitrogens with one attached hydrogen (secondary N) is 1. The second-order valence-corrected chi connectivity index (χ2v) is 6.74. The van der Waals surface area contributed by atoms with Gasteiger partial charge in [0.25, 0.3) is 5.91 Å². The van der Waals surface area contributed by atoms with Crippen molar-refractivity contribution >= 4 is 23.7 Å². The zero-order valence-electron chi connectivity index (χ0n) is 16.3. The van der Waals surface area contributed by atoms with Crippen LogP contribution in [0.15, 0.2) is 90.6 Å². The van der Waals surface area contributed by atoms with Gasteiger partial charge in [-0.15, -0.1) is 0 Å². The zero-order valence-corrected chi connectivity index (χ0v) is 17.0. The fraction of sp³-hybridized carbons (Fsp3) is 0.0833. The Morgan fingerprint density at radius 1 is 0.933 bits per heavy atom. The highest BCUT2D eigenvalue weighted by molar-refractivity contribution is 6.30. The highest BCUT2D eigenvalue weighted by Crippen LogP contribution is 2.15. The van der Waals surface area contributed by atoms with Crippen molar-refractivity contribution < 1.29 is 14.3 Å². The first-order valence-corrected chi connectivity index (χ1v) is 9.66. The maximum atomic E-state index is 12.1. The number of carbonyl (C=O) groups is 1. The van der Waals surface area contributed by atoms with Crippen LogP contribution in [-0.4, -0.2) is 18.7 Å². The average molecular weight is 421 g/mol. The molecule has 152 valence electrons. The topological polar surface area (TPSA) is 59.9 Å². The summed E-state index contributed by atoms with van der Waals surface area (Å²) in [6, 6.07) is 21.7. The minimum Gasteiger partial charge on any atom is -0.490 e. The Morgan fingerprint density at radius 3 is 2.23 bits per heavy atom. The summed E-state index contributed by atoms with van der Waals surface area (Å²) in [6.07, 6.45) is 3.23. The maximum absolute atomic E-state index is 12.1. The molecule has 3 aromatic carbocycles. The first kappa shape index (κ1) is 21.1. The molecular formula is C24H21ClN2O3. The van der Waals surface area contributed by atoms with Crippen LogP contribution in [0.3, 0.4) is 0 Å². The van der Waals surface area contributed by atoms with Crippen LogP contribution in [0.4, 0.5) is 0 Å². The van der Waals surface area contributed by atoms with Gasteiger partial charge in [0.15, 0.2) is 0 Å². The van der Waals surface area contributed by atoms with Crippen LogP contribution in [0.1, 0.15) is 21.5 Å². The summed E-state index contributed by atoms with van der Waals surface area (Å²) in [6.45, 7) is 4.47. The summed E-state index contributed by atoms with van der Waals surface area (Å²) in [5, 5.41) is 4.70. The molecule has 0 aliphatic rings. The largest absolute Gasteiger partial charge is 0.490 e. The van der Waals surface area contributed by atoms with Crippen molar-refractivity contribution in [3.05, 3.63) is 107 Å². The summed E-state index contributed by atoms with van der Waals surface area (Å²) < 4.78 is 11.1. The van der Waals surface area contributed by atoms with E-state index in [1.165, 1.54) is 0 Å². The predicted molar refractivity (Wildman–Crippen MR) is 119 cm³/mol. The monoisotopic (exact) mass is 420 g/mol. The number of halogens is 1. The lowest BCUT2D eigenvalue weighted by molar-refractivity contribution is 0.0955. The molecule has 1 N–H and O–H groups in total. The summed E-state index contributed by atoms with van der Waals surface area (Å²) in [5.74, 6) is 1.11. The number of hydrogen-bond donors (Lipinski definition) is 1. The van der Waals surface area contributed by atoms with Crippen LogP contribution in [0.2, 0.25) is 5.02 Å². The van der Waals surface area contributed by atoms with E-state index in [2.05, 4.69) is 17.1 Å². The SMILES string of the molecule is C=CCOc1ccc(C(=O)N/N=C\c2ccc(OCc3ccc(Cl)cc3)cc2)cc1. The van der Waals surface area contributed by atoms with E-state index in [-0.39, 0.29) is 5.91 Å². The van der Waals surface area contributed by atoms with Crippen molar-refractivity contribution in [2.45, 2.75) is 6.61 Å². The van der Waals surface area contributed by atoms with Gasteiger partial charge in [0.05, 0.1) is 6.21 Å². The third-order valence-corrected chi connectivity index (χ3v) is 4.31. The van der Waals surface area contributed by atoms with Gasteiger partial charge in [0.2, 0.25) is 0 Å². The van der Waals surface area contributed by atoms with Crippen molar-refractivity contribution in [3.63, 3.8) is 0 Å². The minimum absolute atomic E-state index is 0.301. The van der Waals surface area contributed by atoms with E-state index >= 15 is 0 Å². The second kappa shape index (κ2) is 10.8. The zero-order chi connectivity index (χ0) is 21.2. The van der Waals surface area contributed by atoms with Gasteiger partial charge in [-0.3, -0.25) is 4.79 Å². The minimum atomic E-state index is -0.301. The number of hydrazone groups is 1. The molecule has 0 bridgehead atoms. The molecule has 0 heterocycles. The molecule has 0 saturated carbocycles. The molecule has 0 aliphatic heterocycles. The van der Waals surface area contributed by atoms with Gasteiger partial charge in [0, 0.05) is 10.6 Å². The maximum Gasteiger partial charge on any atom is 0.271 e.